The van der Waals surface area contributed by atoms with Gasteiger partial charge in [-0.05, 0) is 36.2 Å². The van der Waals surface area contributed by atoms with E-state index in [0.29, 0.717) is 38.6 Å². The second-order valence-corrected chi connectivity index (χ2v) is 9.39. The van der Waals surface area contributed by atoms with Crippen LogP contribution in [0.2, 0.25) is 0 Å². The zero-order valence-electron chi connectivity index (χ0n) is 16.9. The minimum absolute atomic E-state index is 0.0653. The second-order valence-electron chi connectivity index (χ2n) is 7.45. The monoisotopic (exact) mass is 448 g/mol. The summed E-state index contributed by atoms with van der Waals surface area (Å²) in [6, 6.07) is 7.89. The van der Waals surface area contributed by atoms with Crippen molar-refractivity contribution < 1.29 is 22.8 Å². The Kier molecular flexibility index (Phi) is 6.46. The maximum absolute atomic E-state index is 12.9. The number of sulfonamides is 1. The molecule has 4 rings (SSSR count). The van der Waals surface area contributed by atoms with Crippen LogP contribution >= 0.6 is 0 Å². The second kappa shape index (κ2) is 9.27. The zero-order valence-corrected chi connectivity index (χ0v) is 17.7. The molecule has 0 spiro atoms. The number of ether oxygens (including phenoxy) is 2. The average Bonchev–Trinajstić information content (AvgIpc) is 3.27. The summed E-state index contributed by atoms with van der Waals surface area (Å²) in [6.45, 7) is 2.64. The van der Waals surface area contributed by atoms with Crippen molar-refractivity contribution in [3.63, 3.8) is 0 Å². The quantitative estimate of drug-likeness (QED) is 0.465. The molecule has 2 aliphatic rings. The molecule has 1 atom stereocenters. The van der Waals surface area contributed by atoms with E-state index in [1.54, 1.807) is 12.4 Å². The van der Waals surface area contributed by atoms with Gasteiger partial charge in [0, 0.05) is 44.6 Å². The summed E-state index contributed by atoms with van der Waals surface area (Å²) in [5.41, 5.74) is 1.20. The molecule has 2 saturated heterocycles. The fourth-order valence-electron chi connectivity index (χ4n) is 3.79. The highest BCUT2D eigenvalue weighted by Gasteiger charge is 2.32. The summed E-state index contributed by atoms with van der Waals surface area (Å²) in [7, 11) is -3.81. The van der Waals surface area contributed by atoms with Crippen LogP contribution in [0.3, 0.4) is 0 Å². The number of morpholine rings is 1. The number of nitrogens with zero attached hydrogens (tertiary/aromatic N) is 4. The van der Waals surface area contributed by atoms with Gasteiger partial charge in [-0.2, -0.15) is 4.31 Å². The minimum Gasteiger partial charge on any atom is -0.379 e. The third-order valence-electron chi connectivity index (χ3n) is 5.47. The van der Waals surface area contributed by atoms with Gasteiger partial charge in [0.25, 0.3) is 5.69 Å². The highest BCUT2D eigenvalue weighted by molar-refractivity contribution is 7.89. The molecule has 3 heterocycles. The van der Waals surface area contributed by atoms with E-state index in [-0.39, 0.29) is 29.8 Å². The number of anilines is 1. The number of aromatic nitrogens is 1. The summed E-state index contributed by atoms with van der Waals surface area (Å²) in [5, 5.41) is 11.7. The van der Waals surface area contributed by atoms with Crippen LogP contribution in [0.4, 0.5) is 11.4 Å². The van der Waals surface area contributed by atoms with Crippen molar-refractivity contribution in [1.29, 1.82) is 0 Å². The Bertz CT molecular complexity index is 1030. The lowest BCUT2D eigenvalue weighted by Gasteiger charge is -2.26. The lowest BCUT2D eigenvalue weighted by molar-refractivity contribution is -0.384. The van der Waals surface area contributed by atoms with Crippen LogP contribution < -0.4 is 4.90 Å². The average molecular weight is 449 g/mol. The summed E-state index contributed by atoms with van der Waals surface area (Å²) in [5.74, 6) is 0. The number of rotatable bonds is 7. The standard InChI is InChI=1S/C20H24N4O6S/c25-24(26)20-13-18(31(27,28)23-9-11-29-12-10-23)1-2-19(20)22-8-5-17(14-22)30-15-16-3-6-21-7-4-16/h1-4,6-7,13,17H,5,8-12,14-15H2/t17-/m0/s1. The number of nitro benzene ring substituents is 1. The first-order valence-corrected chi connectivity index (χ1v) is 11.5. The molecule has 2 fully saturated rings. The molecule has 2 aliphatic heterocycles. The third-order valence-corrected chi connectivity index (χ3v) is 7.37. The zero-order chi connectivity index (χ0) is 21.8. The summed E-state index contributed by atoms with van der Waals surface area (Å²) >= 11 is 0. The van der Waals surface area contributed by atoms with Crippen molar-refractivity contribution in [1.82, 2.24) is 9.29 Å². The van der Waals surface area contributed by atoms with Crippen molar-refractivity contribution >= 4 is 21.4 Å². The number of pyridine rings is 1. The highest BCUT2D eigenvalue weighted by Crippen LogP contribution is 2.34. The van der Waals surface area contributed by atoms with Crippen molar-refractivity contribution in [2.45, 2.75) is 24.0 Å². The first-order valence-electron chi connectivity index (χ1n) is 10.1. The molecular formula is C20H24N4O6S. The van der Waals surface area contributed by atoms with Gasteiger partial charge in [-0.25, -0.2) is 8.42 Å². The Hall–Kier alpha value is -2.60. The predicted octanol–water partition coefficient (Wildman–Crippen LogP) is 1.81. The van der Waals surface area contributed by atoms with Gasteiger partial charge in [0.2, 0.25) is 10.0 Å². The number of benzene rings is 1. The first-order chi connectivity index (χ1) is 14.9. The van der Waals surface area contributed by atoms with E-state index in [4.69, 9.17) is 9.47 Å². The predicted molar refractivity (Wildman–Crippen MR) is 112 cm³/mol. The van der Waals surface area contributed by atoms with Gasteiger partial charge in [0.1, 0.15) is 5.69 Å². The molecule has 0 unspecified atom stereocenters. The van der Waals surface area contributed by atoms with Gasteiger partial charge in [-0.15, -0.1) is 0 Å². The van der Waals surface area contributed by atoms with Gasteiger partial charge < -0.3 is 14.4 Å². The minimum atomic E-state index is -3.81. The molecular weight excluding hydrogens is 424 g/mol. The fraction of sp³-hybridized carbons (Fsp3) is 0.450. The van der Waals surface area contributed by atoms with E-state index in [0.717, 1.165) is 18.1 Å². The summed E-state index contributed by atoms with van der Waals surface area (Å²) in [4.78, 5) is 17.0. The van der Waals surface area contributed by atoms with Crippen LogP contribution in [0, 0.1) is 10.1 Å². The number of hydrogen-bond acceptors (Lipinski definition) is 8. The van der Waals surface area contributed by atoms with E-state index < -0.39 is 14.9 Å². The van der Waals surface area contributed by atoms with Crippen LogP contribution in [0.25, 0.3) is 0 Å². The normalized spacial score (nSPS) is 20.1. The van der Waals surface area contributed by atoms with Crippen LogP contribution in [0.5, 0.6) is 0 Å². The number of nitro groups is 1. The van der Waals surface area contributed by atoms with E-state index in [1.807, 2.05) is 17.0 Å². The fourth-order valence-corrected chi connectivity index (χ4v) is 5.22. The van der Waals surface area contributed by atoms with Crippen LogP contribution in [0.15, 0.2) is 47.6 Å². The molecule has 10 nitrogen and oxygen atoms in total. The van der Waals surface area contributed by atoms with Gasteiger partial charge in [-0.1, -0.05) is 0 Å². The summed E-state index contributed by atoms with van der Waals surface area (Å²) in [6.07, 6.45) is 4.07. The van der Waals surface area contributed by atoms with E-state index >= 15 is 0 Å². The largest absolute Gasteiger partial charge is 0.379 e. The van der Waals surface area contributed by atoms with Crippen LogP contribution in [0.1, 0.15) is 12.0 Å². The highest BCUT2D eigenvalue weighted by atomic mass is 32.2. The number of hydrogen-bond donors (Lipinski definition) is 0. The molecule has 11 heteroatoms. The van der Waals surface area contributed by atoms with Crippen molar-refractivity contribution in [2.24, 2.45) is 0 Å². The lowest BCUT2D eigenvalue weighted by Crippen LogP contribution is -2.40. The summed E-state index contributed by atoms with van der Waals surface area (Å²) < 4.78 is 38.2. The van der Waals surface area contributed by atoms with Gasteiger partial charge in [-0.3, -0.25) is 15.1 Å². The lowest BCUT2D eigenvalue weighted by atomic mass is 10.2. The first kappa shape index (κ1) is 21.6. The molecule has 0 saturated carbocycles. The third kappa shape index (κ3) is 4.85. The van der Waals surface area contributed by atoms with Crippen LogP contribution in [-0.2, 0) is 26.1 Å². The Morgan fingerprint density at radius 1 is 1.16 bits per heavy atom. The van der Waals surface area contributed by atoms with Crippen molar-refractivity contribution in [3.8, 4) is 0 Å². The molecule has 2 aromatic rings. The molecule has 0 radical (unpaired) electrons. The molecule has 0 bridgehead atoms. The van der Waals surface area contributed by atoms with Crippen LogP contribution in [-0.4, -0.2) is 68.1 Å². The van der Waals surface area contributed by atoms with Crippen molar-refractivity contribution in [3.05, 3.63) is 58.4 Å². The van der Waals surface area contributed by atoms with E-state index in [2.05, 4.69) is 4.98 Å². The van der Waals surface area contributed by atoms with E-state index in [9.17, 15) is 18.5 Å². The molecule has 0 amide bonds. The van der Waals surface area contributed by atoms with E-state index in [1.165, 1.54) is 16.4 Å². The Morgan fingerprint density at radius 2 is 1.90 bits per heavy atom. The van der Waals surface area contributed by atoms with Gasteiger partial charge in [0.15, 0.2) is 0 Å². The van der Waals surface area contributed by atoms with Crippen molar-refractivity contribution in [2.75, 3.05) is 44.3 Å². The molecule has 31 heavy (non-hydrogen) atoms. The maximum Gasteiger partial charge on any atom is 0.293 e. The Morgan fingerprint density at radius 3 is 2.61 bits per heavy atom. The Balaban J connectivity index is 1.49. The SMILES string of the molecule is O=[N+]([O-])c1cc(S(=O)(=O)N2CCOCC2)ccc1N1CC[C@H](OCc2ccncc2)C1. The van der Waals surface area contributed by atoms with Gasteiger partial charge >= 0.3 is 0 Å². The Labute approximate surface area is 180 Å². The molecule has 0 N–H and O–H groups in total. The maximum atomic E-state index is 12.9. The molecule has 0 aliphatic carbocycles. The van der Waals surface area contributed by atoms with Gasteiger partial charge in [0.05, 0.1) is 35.7 Å². The topological polar surface area (TPSA) is 115 Å². The molecule has 1 aromatic heterocycles. The molecule has 1 aromatic carbocycles. The smallest absolute Gasteiger partial charge is 0.293 e. The molecule has 166 valence electrons.